The van der Waals surface area contributed by atoms with Gasteiger partial charge in [0.05, 0.1) is 17.4 Å². The number of nitrogens with one attached hydrogen (secondary N) is 1. The largest absolute Gasteiger partial charge is 0.492 e. The SMILES string of the molecule is Cc1cc(C)cc(OCCNC(=O)C2CCCN(S(=O)(=O)c3ccccc3)C2)c1. The lowest BCUT2D eigenvalue weighted by atomic mass is 9.99. The molecule has 0 radical (unpaired) electrons. The fraction of sp³-hybridized carbons (Fsp3) is 0.409. The number of piperidine rings is 1. The summed E-state index contributed by atoms with van der Waals surface area (Å²) >= 11 is 0. The van der Waals surface area contributed by atoms with E-state index in [1.807, 2.05) is 26.0 Å². The molecule has 29 heavy (non-hydrogen) atoms. The summed E-state index contributed by atoms with van der Waals surface area (Å²) in [5.74, 6) is 0.319. The molecule has 6 nitrogen and oxygen atoms in total. The molecule has 0 bridgehead atoms. The summed E-state index contributed by atoms with van der Waals surface area (Å²) in [6.07, 6.45) is 1.35. The van der Waals surface area contributed by atoms with Crippen LogP contribution in [0, 0.1) is 19.8 Å². The van der Waals surface area contributed by atoms with Gasteiger partial charge < -0.3 is 10.1 Å². The van der Waals surface area contributed by atoms with E-state index in [1.54, 1.807) is 30.3 Å². The number of carbonyl (C=O) groups is 1. The molecule has 0 spiro atoms. The van der Waals surface area contributed by atoms with Gasteiger partial charge in [0.1, 0.15) is 12.4 Å². The number of aryl methyl sites for hydroxylation is 2. The molecule has 1 amide bonds. The second-order valence-corrected chi connectivity index (χ2v) is 9.42. The lowest BCUT2D eigenvalue weighted by molar-refractivity contribution is -0.126. The predicted molar refractivity (Wildman–Crippen MR) is 112 cm³/mol. The van der Waals surface area contributed by atoms with Gasteiger partial charge in [-0.15, -0.1) is 0 Å². The molecule has 3 rings (SSSR count). The number of rotatable bonds is 7. The smallest absolute Gasteiger partial charge is 0.243 e. The van der Waals surface area contributed by atoms with Gasteiger partial charge in [0.2, 0.25) is 15.9 Å². The maximum Gasteiger partial charge on any atom is 0.243 e. The molecule has 156 valence electrons. The summed E-state index contributed by atoms with van der Waals surface area (Å²) in [7, 11) is -3.57. The summed E-state index contributed by atoms with van der Waals surface area (Å²) in [5, 5.41) is 2.88. The van der Waals surface area contributed by atoms with E-state index in [-0.39, 0.29) is 23.3 Å². The Labute approximate surface area is 172 Å². The molecule has 7 heteroatoms. The lowest BCUT2D eigenvalue weighted by Crippen LogP contribution is -2.45. The van der Waals surface area contributed by atoms with Crippen LogP contribution in [0.3, 0.4) is 0 Å². The van der Waals surface area contributed by atoms with Crippen molar-refractivity contribution in [3.63, 3.8) is 0 Å². The van der Waals surface area contributed by atoms with Gasteiger partial charge in [0.15, 0.2) is 0 Å². The minimum Gasteiger partial charge on any atom is -0.492 e. The van der Waals surface area contributed by atoms with Crippen molar-refractivity contribution in [3.8, 4) is 5.75 Å². The van der Waals surface area contributed by atoms with Crippen molar-refractivity contribution < 1.29 is 17.9 Å². The average molecular weight is 417 g/mol. The molecule has 1 fully saturated rings. The Hall–Kier alpha value is -2.38. The Bertz CT molecular complexity index is 924. The maximum atomic E-state index is 12.8. The highest BCUT2D eigenvalue weighted by Gasteiger charge is 2.33. The molecule has 1 aliphatic heterocycles. The van der Waals surface area contributed by atoms with Crippen LogP contribution in [0.2, 0.25) is 0 Å². The monoisotopic (exact) mass is 416 g/mol. The molecular weight excluding hydrogens is 388 g/mol. The number of sulfonamides is 1. The molecule has 0 aliphatic carbocycles. The van der Waals surface area contributed by atoms with E-state index >= 15 is 0 Å². The van der Waals surface area contributed by atoms with Gasteiger partial charge in [0, 0.05) is 13.1 Å². The molecule has 1 heterocycles. The first-order chi connectivity index (χ1) is 13.9. The van der Waals surface area contributed by atoms with Crippen molar-refractivity contribution in [2.75, 3.05) is 26.2 Å². The maximum absolute atomic E-state index is 12.8. The predicted octanol–water partition coefficient (Wildman–Crippen LogP) is 2.90. The highest BCUT2D eigenvalue weighted by molar-refractivity contribution is 7.89. The van der Waals surface area contributed by atoms with Gasteiger partial charge in [-0.05, 0) is 62.1 Å². The van der Waals surface area contributed by atoms with Gasteiger partial charge in [-0.25, -0.2) is 8.42 Å². The first-order valence-corrected chi connectivity index (χ1v) is 11.3. The molecule has 0 saturated carbocycles. The van der Waals surface area contributed by atoms with Crippen molar-refractivity contribution in [2.24, 2.45) is 5.92 Å². The van der Waals surface area contributed by atoms with Crippen molar-refractivity contribution in [2.45, 2.75) is 31.6 Å². The van der Waals surface area contributed by atoms with Crippen LogP contribution in [0.25, 0.3) is 0 Å². The van der Waals surface area contributed by atoms with Crippen LogP contribution >= 0.6 is 0 Å². The van der Waals surface area contributed by atoms with Crippen molar-refractivity contribution in [1.82, 2.24) is 9.62 Å². The standard InChI is InChI=1S/C22H28N2O4S/c1-17-13-18(2)15-20(14-17)28-12-10-23-22(25)19-7-6-11-24(16-19)29(26,27)21-8-4-3-5-9-21/h3-5,8-9,13-15,19H,6-7,10-12,16H2,1-2H3,(H,23,25). The number of nitrogens with zero attached hydrogens (tertiary/aromatic N) is 1. The first kappa shape index (κ1) is 21.3. The van der Waals surface area contributed by atoms with Crippen LogP contribution in [0.1, 0.15) is 24.0 Å². The zero-order valence-corrected chi connectivity index (χ0v) is 17.7. The highest BCUT2D eigenvalue weighted by Crippen LogP contribution is 2.23. The van der Waals surface area contributed by atoms with E-state index in [1.165, 1.54) is 4.31 Å². The highest BCUT2D eigenvalue weighted by atomic mass is 32.2. The number of amides is 1. The Kier molecular flexibility index (Phi) is 6.92. The number of hydrogen-bond donors (Lipinski definition) is 1. The Balaban J connectivity index is 1.51. The number of hydrogen-bond acceptors (Lipinski definition) is 4. The van der Waals surface area contributed by atoms with E-state index in [2.05, 4.69) is 11.4 Å². The fourth-order valence-corrected chi connectivity index (χ4v) is 5.16. The third-order valence-electron chi connectivity index (χ3n) is 5.00. The number of ether oxygens (including phenoxy) is 1. The second kappa shape index (κ2) is 9.41. The third kappa shape index (κ3) is 5.58. The molecule has 0 aromatic heterocycles. The molecule has 1 N–H and O–H groups in total. The molecule has 1 unspecified atom stereocenters. The number of benzene rings is 2. The van der Waals surface area contributed by atoms with Crippen LogP contribution in [-0.4, -0.2) is 44.9 Å². The summed E-state index contributed by atoms with van der Waals surface area (Å²) < 4.78 is 32.7. The lowest BCUT2D eigenvalue weighted by Gasteiger charge is -2.31. The van der Waals surface area contributed by atoms with Crippen LogP contribution < -0.4 is 10.1 Å². The van der Waals surface area contributed by atoms with Gasteiger partial charge in [-0.3, -0.25) is 4.79 Å². The van der Waals surface area contributed by atoms with Crippen LogP contribution in [0.4, 0.5) is 0 Å². The van der Waals surface area contributed by atoms with E-state index in [9.17, 15) is 13.2 Å². The molecule has 1 saturated heterocycles. The van der Waals surface area contributed by atoms with E-state index in [0.717, 1.165) is 16.9 Å². The molecular formula is C22H28N2O4S. The van der Waals surface area contributed by atoms with Crippen LogP contribution in [0.5, 0.6) is 5.75 Å². The summed E-state index contributed by atoms with van der Waals surface area (Å²) in [6, 6.07) is 14.4. The average Bonchev–Trinajstić information content (AvgIpc) is 2.71. The summed E-state index contributed by atoms with van der Waals surface area (Å²) in [4.78, 5) is 12.8. The van der Waals surface area contributed by atoms with Gasteiger partial charge in [-0.1, -0.05) is 24.3 Å². The van der Waals surface area contributed by atoms with Crippen LogP contribution in [-0.2, 0) is 14.8 Å². The van der Waals surface area contributed by atoms with E-state index in [4.69, 9.17) is 4.74 Å². The Morgan fingerprint density at radius 3 is 2.52 bits per heavy atom. The summed E-state index contributed by atoms with van der Waals surface area (Å²) in [6.45, 7) is 5.43. The normalized spacial score (nSPS) is 17.7. The quantitative estimate of drug-likeness (QED) is 0.704. The van der Waals surface area contributed by atoms with Crippen molar-refractivity contribution in [1.29, 1.82) is 0 Å². The van der Waals surface area contributed by atoms with E-state index < -0.39 is 10.0 Å². The minimum absolute atomic E-state index is 0.123. The van der Waals surface area contributed by atoms with Crippen molar-refractivity contribution in [3.05, 3.63) is 59.7 Å². The molecule has 1 aliphatic rings. The molecule has 2 aromatic carbocycles. The zero-order chi connectivity index (χ0) is 20.9. The third-order valence-corrected chi connectivity index (χ3v) is 6.88. The fourth-order valence-electron chi connectivity index (χ4n) is 3.62. The minimum atomic E-state index is -3.57. The summed E-state index contributed by atoms with van der Waals surface area (Å²) in [5.41, 5.74) is 2.26. The topological polar surface area (TPSA) is 75.7 Å². The zero-order valence-electron chi connectivity index (χ0n) is 16.9. The van der Waals surface area contributed by atoms with E-state index in [0.29, 0.717) is 32.5 Å². The van der Waals surface area contributed by atoms with Gasteiger partial charge in [0.25, 0.3) is 0 Å². The van der Waals surface area contributed by atoms with Crippen molar-refractivity contribution >= 4 is 15.9 Å². The van der Waals surface area contributed by atoms with Gasteiger partial charge >= 0.3 is 0 Å². The molecule has 1 atom stereocenters. The van der Waals surface area contributed by atoms with Crippen LogP contribution in [0.15, 0.2) is 53.4 Å². The Morgan fingerprint density at radius 2 is 1.83 bits per heavy atom. The second-order valence-electron chi connectivity index (χ2n) is 7.48. The number of carbonyl (C=O) groups excluding carboxylic acids is 1. The Morgan fingerprint density at radius 1 is 1.14 bits per heavy atom. The van der Waals surface area contributed by atoms with Gasteiger partial charge in [-0.2, -0.15) is 4.31 Å². The molecule has 2 aromatic rings. The first-order valence-electron chi connectivity index (χ1n) is 9.90.